The Morgan fingerprint density at radius 3 is 2.67 bits per heavy atom. The summed E-state index contributed by atoms with van der Waals surface area (Å²) in [5, 5.41) is 5.79. The summed E-state index contributed by atoms with van der Waals surface area (Å²) in [5.41, 5.74) is 1.80. The lowest BCUT2D eigenvalue weighted by Crippen LogP contribution is -2.16. The van der Waals surface area contributed by atoms with Crippen LogP contribution in [-0.4, -0.2) is 18.5 Å². The topological polar surface area (TPSA) is 55.4 Å². The van der Waals surface area contributed by atoms with E-state index in [1.54, 1.807) is 13.0 Å². The average Bonchev–Trinajstić information content (AvgIpc) is 3.14. The van der Waals surface area contributed by atoms with Gasteiger partial charge < -0.3 is 10.1 Å². The largest absolute Gasteiger partial charge is 0.462 e. The van der Waals surface area contributed by atoms with Crippen molar-refractivity contribution >= 4 is 39.8 Å². The van der Waals surface area contributed by atoms with Crippen molar-refractivity contribution < 1.29 is 14.3 Å². The molecule has 1 heterocycles. The van der Waals surface area contributed by atoms with Crippen molar-refractivity contribution in [3.8, 4) is 11.1 Å². The van der Waals surface area contributed by atoms with E-state index in [-0.39, 0.29) is 18.4 Å². The SMILES string of the molecule is CCOC(=O)c1c(-c2ccccc2Cl)csc1NC(=O)[C@@H]1C[C@H]1C. The summed E-state index contributed by atoms with van der Waals surface area (Å²) in [5.74, 6) is -0.0571. The highest BCUT2D eigenvalue weighted by atomic mass is 35.5. The van der Waals surface area contributed by atoms with E-state index in [1.165, 1.54) is 11.3 Å². The molecular weight excluding hydrogens is 346 g/mol. The predicted octanol–water partition coefficient (Wildman–Crippen LogP) is 4.84. The monoisotopic (exact) mass is 363 g/mol. The Bertz CT molecular complexity index is 786. The molecule has 0 spiro atoms. The second kappa shape index (κ2) is 6.95. The second-order valence-corrected chi connectivity index (χ2v) is 7.15. The number of carbonyl (C=O) groups excluding carboxylic acids is 2. The van der Waals surface area contributed by atoms with Crippen molar-refractivity contribution in [3.05, 3.63) is 40.2 Å². The predicted molar refractivity (Wildman–Crippen MR) is 96.6 cm³/mol. The first kappa shape index (κ1) is 17.0. The number of nitrogens with one attached hydrogen (secondary N) is 1. The minimum Gasteiger partial charge on any atom is -0.462 e. The van der Waals surface area contributed by atoms with Gasteiger partial charge >= 0.3 is 5.97 Å². The highest BCUT2D eigenvalue weighted by molar-refractivity contribution is 7.15. The number of ether oxygens (including phenoxy) is 1. The molecule has 0 aliphatic heterocycles. The van der Waals surface area contributed by atoms with Gasteiger partial charge in [0.05, 0.1) is 6.61 Å². The molecule has 4 nitrogen and oxygen atoms in total. The van der Waals surface area contributed by atoms with E-state index in [9.17, 15) is 9.59 Å². The molecule has 1 aromatic carbocycles. The van der Waals surface area contributed by atoms with Crippen molar-refractivity contribution in [3.63, 3.8) is 0 Å². The van der Waals surface area contributed by atoms with Crippen LogP contribution in [0.1, 0.15) is 30.6 Å². The Morgan fingerprint density at radius 1 is 1.33 bits per heavy atom. The standard InChI is InChI=1S/C18H18ClNO3S/c1-3-23-18(22)15-13(11-6-4-5-7-14(11)19)9-24-17(15)20-16(21)12-8-10(12)2/h4-7,9-10,12H,3,8H2,1-2H3,(H,20,21)/t10-,12-/m1/s1. The van der Waals surface area contributed by atoms with E-state index >= 15 is 0 Å². The molecule has 1 saturated carbocycles. The van der Waals surface area contributed by atoms with E-state index in [0.717, 1.165) is 12.0 Å². The van der Waals surface area contributed by atoms with E-state index in [0.29, 0.717) is 27.1 Å². The number of benzene rings is 1. The molecule has 2 aromatic rings. The van der Waals surface area contributed by atoms with Crippen molar-refractivity contribution in [2.45, 2.75) is 20.3 Å². The lowest BCUT2D eigenvalue weighted by molar-refractivity contribution is -0.117. The van der Waals surface area contributed by atoms with Gasteiger partial charge in [0, 0.05) is 27.4 Å². The Hall–Kier alpha value is -1.85. The van der Waals surface area contributed by atoms with E-state index in [2.05, 4.69) is 5.32 Å². The number of anilines is 1. The van der Waals surface area contributed by atoms with Gasteiger partial charge in [-0.1, -0.05) is 36.7 Å². The number of hydrogen-bond acceptors (Lipinski definition) is 4. The summed E-state index contributed by atoms with van der Waals surface area (Å²) in [6.45, 7) is 4.06. The molecule has 1 aliphatic carbocycles. The van der Waals surface area contributed by atoms with Crippen LogP contribution < -0.4 is 5.32 Å². The van der Waals surface area contributed by atoms with Gasteiger partial charge in [-0.3, -0.25) is 4.79 Å². The fraction of sp³-hybridized carbons (Fsp3) is 0.333. The van der Waals surface area contributed by atoms with Crippen molar-refractivity contribution in [1.82, 2.24) is 0 Å². The van der Waals surface area contributed by atoms with Crippen LogP contribution in [0.15, 0.2) is 29.6 Å². The van der Waals surface area contributed by atoms with Crippen LogP contribution in [0.5, 0.6) is 0 Å². The van der Waals surface area contributed by atoms with Gasteiger partial charge in [-0.15, -0.1) is 11.3 Å². The van der Waals surface area contributed by atoms with Crippen LogP contribution in [0, 0.1) is 11.8 Å². The summed E-state index contributed by atoms with van der Waals surface area (Å²) in [6, 6.07) is 7.31. The third-order valence-electron chi connectivity index (χ3n) is 4.12. The van der Waals surface area contributed by atoms with Crippen LogP contribution in [0.2, 0.25) is 5.02 Å². The minimum absolute atomic E-state index is 0.0332. The Labute approximate surface area is 149 Å². The summed E-state index contributed by atoms with van der Waals surface area (Å²) in [7, 11) is 0. The number of carbonyl (C=O) groups is 2. The van der Waals surface area contributed by atoms with Crippen LogP contribution in [0.4, 0.5) is 5.00 Å². The minimum atomic E-state index is -0.451. The average molecular weight is 364 g/mol. The van der Waals surface area contributed by atoms with Crippen LogP contribution in [0.25, 0.3) is 11.1 Å². The zero-order chi connectivity index (χ0) is 17.3. The Kier molecular flexibility index (Phi) is 4.92. The third-order valence-corrected chi connectivity index (χ3v) is 5.34. The Morgan fingerprint density at radius 2 is 2.04 bits per heavy atom. The smallest absolute Gasteiger partial charge is 0.341 e. The molecule has 126 valence electrons. The lowest BCUT2D eigenvalue weighted by atomic mass is 10.0. The fourth-order valence-corrected chi connectivity index (χ4v) is 3.81. The van der Waals surface area contributed by atoms with Crippen molar-refractivity contribution in [2.75, 3.05) is 11.9 Å². The molecule has 24 heavy (non-hydrogen) atoms. The van der Waals surface area contributed by atoms with Gasteiger partial charge in [0.1, 0.15) is 10.6 Å². The molecule has 1 aromatic heterocycles. The van der Waals surface area contributed by atoms with E-state index < -0.39 is 5.97 Å². The highest BCUT2D eigenvalue weighted by Gasteiger charge is 2.39. The zero-order valence-corrected chi connectivity index (χ0v) is 15.0. The number of halogens is 1. The molecule has 1 amide bonds. The van der Waals surface area contributed by atoms with Gasteiger partial charge in [0.25, 0.3) is 0 Å². The molecule has 6 heteroatoms. The molecule has 1 aliphatic rings. The highest BCUT2D eigenvalue weighted by Crippen LogP contribution is 2.42. The second-order valence-electron chi connectivity index (χ2n) is 5.86. The molecule has 1 N–H and O–H groups in total. The molecule has 0 saturated heterocycles. The van der Waals surface area contributed by atoms with Gasteiger partial charge in [-0.05, 0) is 25.3 Å². The van der Waals surface area contributed by atoms with Gasteiger partial charge in [0.2, 0.25) is 5.91 Å². The lowest BCUT2D eigenvalue weighted by Gasteiger charge is -2.09. The molecule has 2 atom stereocenters. The molecule has 1 fully saturated rings. The summed E-state index contributed by atoms with van der Waals surface area (Å²) in [4.78, 5) is 24.7. The van der Waals surface area contributed by atoms with E-state index in [1.807, 2.05) is 30.5 Å². The quantitative estimate of drug-likeness (QED) is 0.773. The molecule has 3 rings (SSSR count). The summed E-state index contributed by atoms with van der Waals surface area (Å²) >= 11 is 7.59. The zero-order valence-electron chi connectivity index (χ0n) is 13.5. The normalized spacial score (nSPS) is 19.0. The van der Waals surface area contributed by atoms with Gasteiger partial charge in [-0.25, -0.2) is 4.79 Å². The van der Waals surface area contributed by atoms with Crippen LogP contribution in [-0.2, 0) is 9.53 Å². The molecule has 0 bridgehead atoms. The van der Waals surface area contributed by atoms with Gasteiger partial charge in [0.15, 0.2) is 0 Å². The number of amides is 1. The van der Waals surface area contributed by atoms with Crippen LogP contribution >= 0.6 is 22.9 Å². The maximum Gasteiger partial charge on any atom is 0.341 e. The summed E-state index contributed by atoms with van der Waals surface area (Å²) < 4.78 is 5.18. The molecule has 0 unspecified atom stereocenters. The maximum absolute atomic E-state index is 12.5. The third kappa shape index (κ3) is 3.32. The maximum atomic E-state index is 12.5. The molecule has 0 radical (unpaired) electrons. The number of thiophene rings is 1. The first-order chi connectivity index (χ1) is 11.5. The first-order valence-corrected chi connectivity index (χ1v) is 9.13. The van der Waals surface area contributed by atoms with Crippen molar-refractivity contribution in [1.29, 1.82) is 0 Å². The fourth-order valence-electron chi connectivity index (χ4n) is 2.63. The van der Waals surface area contributed by atoms with Gasteiger partial charge in [-0.2, -0.15) is 0 Å². The Balaban J connectivity index is 1.99. The molecular formula is C18H18ClNO3S. The summed E-state index contributed by atoms with van der Waals surface area (Å²) in [6.07, 6.45) is 0.892. The van der Waals surface area contributed by atoms with E-state index in [4.69, 9.17) is 16.3 Å². The van der Waals surface area contributed by atoms with Crippen LogP contribution in [0.3, 0.4) is 0 Å². The number of esters is 1. The van der Waals surface area contributed by atoms with Crippen molar-refractivity contribution in [2.24, 2.45) is 11.8 Å². The first-order valence-electron chi connectivity index (χ1n) is 7.87. The number of rotatable bonds is 5. The number of hydrogen-bond donors (Lipinski definition) is 1.